The molecule has 0 heterocycles. The molecule has 0 N–H and O–H groups in total. The summed E-state index contributed by atoms with van der Waals surface area (Å²) in [5.41, 5.74) is 0. The Hall–Kier alpha value is 0.950. The van der Waals surface area contributed by atoms with E-state index in [1.807, 2.05) is 0 Å². The molecule has 0 aromatic heterocycles. The van der Waals surface area contributed by atoms with Gasteiger partial charge in [-0.3, -0.25) is 4.79 Å². The van der Waals surface area contributed by atoms with Gasteiger partial charge in [0, 0.05) is 33.1 Å². The molecule has 0 aromatic rings. The fourth-order valence-corrected chi connectivity index (χ4v) is 15.1. The van der Waals surface area contributed by atoms with E-state index in [9.17, 15) is 4.79 Å². The van der Waals surface area contributed by atoms with Crippen molar-refractivity contribution in [2.45, 2.75) is 172 Å². The zero-order valence-electron chi connectivity index (χ0n) is 22.5. The van der Waals surface area contributed by atoms with Gasteiger partial charge in [-0.2, -0.15) is 11.8 Å². The molecule has 206 valence electrons. The number of hydrogen-bond donors (Lipinski definition) is 0. The van der Waals surface area contributed by atoms with Crippen molar-refractivity contribution < 1.29 is 4.79 Å². The van der Waals surface area contributed by atoms with Gasteiger partial charge < -0.3 is 0 Å². The highest BCUT2D eigenvalue weighted by atomic mass is 35.5. The minimum atomic E-state index is 0.0639. The number of alkyl halides is 2. The van der Waals surface area contributed by atoms with Crippen LogP contribution in [0.1, 0.15) is 135 Å². The first-order valence-electron chi connectivity index (χ1n) is 15.8. The Morgan fingerprint density at radius 2 is 1.14 bits per heavy atom. The van der Waals surface area contributed by atoms with Gasteiger partial charge in [-0.25, -0.2) is 0 Å². The Balaban J connectivity index is 1.10. The van der Waals surface area contributed by atoms with E-state index in [-0.39, 0.29) is 22.6 Å². The lowest BCUT2D eigenvalue weighted by Gasteiger charge is -2.39. The van der Waals surface area contributed by atoms with Crippen LogP contribution in [0.25, 0.3) is 0 Å². The van der Waals surface area contributed by atoms with Crippen molar-refractivity contribution in [1.82, 2.24) is 0 Å². The van der Waals surface area contributed by atoms with E-state index in [1.165, 1.54) is 103 Å². The van der Waals surface area contributed by atoms with Gasteiger partial charge in [-0.05, 0) is 120 Å². The molecule has 0 radical (unpaired) electrons. The lowest BCUT2D eigenvalue weighted by molar-refractivity contribution is -0.128. The molecule has 5 unspecified atom stereocenters. The lowest BCUT2D eigenvalue weighted by atomic mass is 9.76. The molecule has 0 bridgehead atoms. The molecule has 5 aliphatic rings. The Labute approximate surface area is 239 Å². The third-order valence-electron chi connectivity index (χ3n) is 10.4. The van der Waals surface area contributed by atoms with Gasteiger partial charge in [0.25, 0.3) is 0 Å². The summed E-state index contributed by atoms with van der Waals surface area (Å²) in [6.45, 7) is 0. The first-order chi connectivity index (χ1) is 17.6. The van der Waals surface area contributed by atoms with Gasteiger partial charge in [0.05, 0.1) is 0 Å². The fraction of sp³-hybridized carbons (Fsp3) is 0.968. The fourth-order valence-electron chi connectivity index (χ4n) is 8.39. The van der Waals surface area contributed by atoms with Crippen LogP contribution in [0, 0.1) is 11.8 Å². The van der Waals surface area contributed by atoms with Crippen molar-refractivity contribution in [3.8, 4) is 0 Å². The second-order valence-electron chi connectivity index (χ2n) is 12.8. The highest BCUT2D eigenvalue weighted by Crippen LogP contribution is 2.46. The van der Waals surface area contributed by atoms with E-state index in [0.717, 1.165) is 53.1 Å². The SMILES string of the molecule is O=C(C1CCC(SC2CCC([S+](C3CCCCC3)C3CCCCC3)CC2)C(Cl)C1)C1CCCCC1Cl. The molecule has 0 saturated heterocycles. The minimum Gasteiger partial charge on any atom is -0.299 e. The lowest BCUT2D eigenvalue weighted by Crippen LogP contribution is -2.44. The molecule has 5 rings (SSSR count). The average molecular weight is 575 g/mol. The van der Waals surface area contributed by atoms with Crippen LogP contribution in [0.2, 0.25) is 0 Å². The molecule has 0 aliphatic heterocycles. The third-order valence-corrected chi connectivity index (χ3v) is 17.1. The van der Waals surface area contributed by atoms with Crippen molar-refractivity contribution >= 4 is 51.6 Å². The maximum atomic E-state index is 13.2. The zero-order chi connectivity index (χ0) is 24.9. The van der Waals surface area contributed by atoms with Crippen LogP contribution in [0.4, 0.5) is 0 Å². The van der Waals surface area contributed by atoms with Gasteiger partial charge in [0.2, 0.25) is 0 Å². The summed E-state index contributed by atoms with van der Waals surface area (Å²) in [5.74, 6) is 0.704. The summed E-state index contributed by atoms with van der Waals surface area (Å²) in [5, 5.41) is 4.72. The molecule has 36 heavy (non-hydrogen) atoms. The van der Waals surface area contributed by atoms with Crippen molar-refractivity contribution in [2.24, 2.45) is 11.8 Å². The normalized spacial score (nSPS) is 39.8. The molecule has 5 aliphatic carbocycles. The van der Waals surface area contributed by atoms with Crippen molar-refractivity contribution in [3.05, 3.63) is 0 Å². The van der Waals surface area contributed by atoms with Crippen molar-refractivity contribution in [3.63, 3.8) is 0 Å². The largest absolute Gasteiger partial charge is 0.299 e. The van der Waals surface area contributed by atoms with E-state index >= 15 is 0 Å². The number of halogens is 2. The predicted molar refractivity (Wildman–Crippen MR) is 162 cm³/mol. The molecule has 5 fully saturated rings. The van der Waals surface area contributed by atoms with Crippen LogP contribution < -0.4 is 0 Å². The second-order valence-corrected chi connectivity index (χ2v) is 18.3. The maximum Gasteiger partial charge on any atom is 0.140 e. The minimum absolute atomic E-state index is 0.0639. The van der Waals surface area contributed by atoms with E-state index in [0.29, 0.717) is 21.9 Å². The van der Waals surface area contributed by atoms with Crippen LogP contribution >= 0.6 is 35.0 Å². The summed E-state index contributed by atoms with van der Waals surface area (Å²) in [4.78, 5) is 13.2. The van der Waals surface area contributed by atoms with Gasteiger partial charge in [0.1, 0.15) is 21.5 Å². The maximum absolute atomic E-state index is 13.2. The van der Waals surface area contributed by atoms with Gasteiger partial charge in [0.15, 0.2) is 0 Å². The quantitative estimate of drug-likeness (QED) is 0.223. The summed E-state index contributed by atoms with van der Waals surface area (Å²) in [6, 6.07) is 0. The smallest absolute Gasteiger partial charge is 0.140 e. The average Bonchev–Trinajstić information content (AvgIpc) is 2.92. The number of thioether (sulfide) groups is 1. The van der Waals surface area contributed by atoms with E-state index in [4.69, 9.17) is 23.2 Å². The van der Waals surface area contributed by atoms with Crippen molar-refractivity contribution in [1.29, 1.82) is 0 Å². The van der Waals surface area contributed by atoms with E-state index in [1.54, 1.807) is 0 Å². The van der Waals surface area contributed by atoms with Crippen LogP contribution in [0.15, 0.2) is 0 Å². The highest BCUT2D eigenvalue weighted by molar-refractivity contribution is 8.00. The molecule has 0 amide bonds. The summed E-state index contributed by atoms with van der Waals surface area (Å²) >= 11 is 15.8. The predicted octanol–water partition coefficient (Wildman–Crippen LogP) is 9.46. The van der Waals surface area contributed by atoms with Crippen LogP contribution in [-0.2, 0) is 15.7 Å². The summed E-state index contributed by atoms with van der Waals surface area (Å²) in [6.07, 6.45) is 28.3. The topological polar surface area (TPSA) is 17.1 Å². The molecule has 5 heteroatoms. The van der Waals surface area contributed by atoms with Crippen molar-refractivity contribution in [2.75, 3.05) is 0 Å². The summed E-state index contributed by atoms with van der Waals surface area (Å²) in [7, 11) is 0.688. The molecular weight excluding hydrogens is 523 g/mol. The molecule has 1 nitrogen and oxygen atoms in total. The Bertz CT molecular complexity index is 666. The van der Waals surface area contributed by atoms with Crippen LogP contribution in [-0.4, -0.2) is 42.8 Å². The highest BCUT2D eigenvalue weighted by Gasteiger charge is 2.47. The standard InChI is InChI=1S/C31H51Cl2OS2/c32-28-14-8-7-13-27(28)31(34)22-15-20-30(29(33)21-22)35-23-16-18-26(19-17-23)36(24-9-3-1-4-10-24)25-11-5-2-6-12-25/h22-30H,1-21H2/q+1. The number of rotatable bonds is 7. The van der Waals surface area contributed by atoms with Gasteiger partial charge in [-0.15, -0.1) is 23.2 Å². The molecule has 5 atom stereocenters. The van der Waals surface area contributed by atoms with Gasteiger partial charge >= 0.3 is 0 Å². The Kier molecular flexibility index (Phi) is 11.1. The molecular formula is C31H51Cl2OS2+. The number of hydrogen-bond acceptors (Lipinski definition) is 2. The first kappa shape index (κ1) is 28.5. The third kappa shape index (κ3) is 7.17. The number of carbonyl (C=O) groups excluding carboxylic acids is 1. The monoisotopic (exact) mass is 573 g/mol. The molecule has 5 saturated carbocycles. The first-order valence-corrected chi connectivity index (χ1v) is 19.0. The van der Waals surface area contributed by atoms with Gasteiger partial charge in [-0.1, -0.05) is 25.7 Å². The number of Topliss-reactive ketones (excluding diaryl/α,β-unsaturated/α-hetero) is 1. The van der Waals surface area contributed by atoms with E-state index in [2.05, 4.69) is 11.8 Å². The molecule has 0 spiro atoms. The van der Waals surface area contributed by atoms with Crippen LogP contribution in [0.5, 0.6) is 0 Å². The zero-order valence-corrected chi connectivity index (χ0v) is 25.7. The summed E-state index contributed by atoms with van der Waals surface area (Å²) < 4.78 is 0. The number of ketones is 1. The van der Waals surface area contributed by atoms with E-state index < -0.39 is 0 Å². The molecule has 0 aromatic carbocycles. The Morgan fingerprint density at radius 3 is 1.72 bits per heavy atom. The second kappa shape index (κ2) is 14.0. The van der Waals surface area contributed by atoms with Crippen LogP contribution in [0.3, 0.4) is 0 Å². The Morgan fingerprint density at radius 1 is 0.583 bits per heavy atom. The number of carbonyl (C=O) groups is 1.